The third-order valence-electron chi connectivity index (χ3n) is 1.01. The number of esters is 1. The fourth-order valence-corrected chi connectivity index (χ4v) is 0.458. The first kappa shape index (κ1) is 10.0. The largest absolute Gasteiger partial charge is 0.459 e. The van der Waals surface area contributed by atoms with Crippen molar-refractivity contribution in [1.82, 2.24) is 0 Å². The van der Waals surface area contributed by atoms with E-state index in [-0.39, 0.29) is 5.97 Å². The molecule has 0 heterocycles. The highest BCUT2D eigenvalue weighted by atomic mass is 16.6. The van der Waals surface area contributed by atoms with E-state index in [1.54, 1.807) is 6.92 Å². The van der Waals surface area contributed by atoms with Gasteiger partial charge in [-0.3, -0.25) is 4.79 Å². The molecular weight excluding hydrogens is 140 g/mol. The number of carbonyl (C=O) groups is 1. The standard InChI is InChI=1S/C9H14O2/c1-6-7(2)8(10)11-9(3,4)5/h1,7H,2-5H3. The molecule has 11 heavy (non-hydrogen) atoms. The number of terminal acetylenes is 1. The van der Waals surface area contributed by atoms with Crippen LogP contribution >= 0.6 is 0 Å². The lowest BCUT2D eigenvalue weighted by atomic mass is 10.1. The third-order valence-corrected chi connectivity index (χ3v) is 1.01. The van der Waals surface area contributed by atoms with Crippen molar-refractivity contribution < 1.29 is 9.53 Å². The zero-order valence-electron chi connectivity index (χ0n) is 7.47. The first-order valence-electron chi connectivity index (χ1n) is 3.56. The van der Waals surface area contributed by atoms with Gasteiger partial charge in [0.1, 0.15) is 11.5 Å². The van der Waals surface area contributed by atoms with E-state index in [0.29, 0.717) is 0 Å². The smallest absolute Gasteiger partial charge is 0.321 e. The van der Waals surface area contributed by atoms with Gasteiger partial charge in [-0.05, 0) is 27.7 Å². The zero-order chi connectivity index (χ0) is 9.07. The molecule has 0 aliphatic carbocycles. The summed E-state index contributed by atoms with van der Waals surface area (Å²) in [6.45, 7) is 7.09. The van der Waals surface area contributed by atoms with Crippen LogP contribution in [0, 0.1) is 18.3 Å². The predicted molar refractivity (Wildman–Crippen MR) is 43.8 cm³/mol. The Bertz CT molecular complexity index is 181. The number of hydrogen-bond donors (Lipinski definition) is 0. The van der Waals surface area contributed by atoms with Crippen molar-refractivity contribution >= 4 is 5.97 Å². The highest BCUT2D eigenvalue weighted by Gasteiger charge is 2.19. The lowest BCUT2D eigenvalue weighted by molar-refractivity contribution is -0.157. The van der Waals surface area contributed by atoms with Gasteiger partial charge in [-0.25, -0.2) is 0 Å². The number of hydrogen-bond acceptors (Lipinski definition) is 2. The number of rotatable bonds is 1. The molecule has 0 aliphatic heterocycles. The summed E-state index contributed by atoms with van der Waals surface area (Å²) in [6.07, 6.45) is 5.04. The molecule has 1 unspecified atom stereocenters. The van der Waals surface area contributed by atoms with Crippen LogP contribution in [-0.4, -0.2) is 11.6 Å². The molecule has 0 saturated heterocycles. The quantitative estimate of drug-likeness (QED) is 0.423. The SMILES string of the molecule is C#CC(C)C(=O)OC(C)(C)C. The van der Waals surface area contributed by atoms with Gasteiger partial charge in [0.15, 0.2) is 0 Å². The third kappa shape index (κ3) is 4.44. The van der Waals surface area contributed by atoms with E-state index in [1.165, 1.54) is 0 Å². The first-order chi connectivity index (χ1) is 4.87. The Labute approximate surface area is 67.9 Å². The molecule has 0 aromatic carbocycles. The summed E-state index contributed by atoms with van der Waals surface area (Å²) in [7, 11) is 0. The van der Waals surface area contributed by atoms with Gasteiger partial charge < -0.3 is 4.74 Å². The Balaban J connectivity index is 4.01. The average Bonchev–Trinajstić information content (AvgIpc) is 1.82. The molecule has 2 nitrogen and oxygen atoms in total. The van der Waals surface area contributed by atoms with E-state index in [2.05, 4.69) is 5.92 Å². The monoisotopic (exact) mass is 154 g/mol. The fourth-order valence-electron chi connectivity index (χ4n) is 0.458. The van der Waals surface area contributed by atoms with Crippen LogP contribution in [0.2, 0.25) is 0 Å². The van der Waals surface area contributed by atoms with Crippen LogP contribution in [0.5, 0.6) is 0 Å². The van der Waals surface area contributed by atoms with Gasteiger partial charge in [0.05, 0.1) is 0 Å². The highest BCUT2D eigenvalue weighted by molar-refractivity contribution is 5.75. The summed E-state index contributed by atoms with van der Waals surface area (Å²) < 4.78 is 5.01. The minimum Gasteiger partial charge on any atom is -0.459 e. The lowest BCUT2D eigenvalue weighted by Gasteiger charge is -2.20. The molecular formula is C9H14O2. The van der Waals surface area contributed by atoms with Crippen molar-refractivity contribution in [1.29, 1.82) is 0 Å². The van der Waals surface area contributed by atoms with Gasteiger partial charge in [0.25, 0.3) is 0 Å². The number of carbonyl (C=O) groups excluding carboxylic acids is 1. The molecule has 0 amide bonds. The van der Waals surface area contributed by atoms with Crippen molar-refractivity contribution in [2.45, 2.75) is 33.3 Å². The molecule has 0 radical (unpaired) electrons. The van der Waals surface area contributed by atoms with E-state index in [1.807, 2.05) is 20.8 Å². The maximum atomic E-state index is 11.0. The summed E-state index contributed by atoms with van der Waals surface area (Å²) in [5, 5.41) is 0. The van der Waals surface area contributed by atoms with E-state index in [4.69, 9.17) is 11.2 Å². The zero-order valence-corrected chi connectivity index (χ0v) is 7.47. The molecule has 0 rings (SSSR count). The maximum absolute atomic E-state index is 11.0. The van der Waals surface area contributed by atoms with Crippen LogP contribution in [0.1, 0.15) is 27.7 Å². The van der Waals surface area contributed by atoms with Gasteiger partial charge in [-0.15, -0.1) is 6.42 Å². The first-order valence-corrected chi connectivity index (χ1v) is 3.56. The van der Waals surface area contributed by atoms with Crippen LogP contribution in [0.25, 0.3) is 0 Å². The highest BCUT2D eigenvalue weighted by Crippen LogP contribution is 2.10. The van der Waals surface area contributed by atoms with Gasteiger partial charge in [0.2, 0.25) is 0 Å². The Morgan fingerprint density at radius 1 is 1.55 bits per heavy atom. The van der Waals surface area contributed by atoms with Crippen molar-refractivity contribution in [2.75, 3.05) is 0 Å². The topological polar surface area (TPSA) is 26.3 Å². The molecule has 0 saturated carbocycles. The molecule has 0 aromatic heterocycles. The molecule has 0 N–H and O–H groups in total. The minimum absolute atomic E-state index is 0.333. The van der Waals surface area contributed by atoms with Crippen molar-refractivity contribution in [3.63, 3.8) is 0 Å². The van der Waals surface area contributed by atoms with E-state index in [9.17, 15) is 4.79 Å². The molecule has 0 bridgehead atoms. The van der Waals surface area contributed by atoms with Gasteiger partial charge in [0, 0.05) is 0 Å². The molecule has 1 atom stereocenters. The number of ether oxygens (including phenoxy) is 1. The van der Waals surface area contributed by atoms with E-state index >= 15 is 0 Å². The average molecular weight is 154 g/mol. The fraction of sp³-hybridized carbons (Fsp3) is 0.667. The van der Waals surface area contributed by atoms with Crippen molar-refractivity contribution in [3.8, 4) is 12.3 Å². The van der Waals surface area contributed by atoms with Crippen molar-refractivity contribution in [3.05, 3.63) is 0 Å². The minimum atomic E-state index is -0.450. The van der Waals surface area contributed by atoms with Crippen LogP contribution in [-0.2, 0) is 9.53 Å². The normalized spacial score (nSPS) is 13.4. The van der Waals surface area contributed by atoms with Crippen LogP contribution < -0.4 is 0 Å². The summed E-state index contributed by atoms with van der Waals surface area (Å²) >= 11 is 0. The molecule has 0 spiro atoms. The Morgan fingerprint density at radius 3 is 2.27 bits per heavy atom. The van der Waals surface area contributed by atoms with Crippen LogP contribution in [0.15, 0.2) is 0 Å². The van der Waals surface area contributed by atoms with Crippen LogP contribution in [0.3, 0.4) is 0 Å². The molecule has 0 aliphatic rings. The van der Waals surface area contributed by atoms with Gasteiger partial charge >= 0.3 is 5.97 Å². The summed E-state index contributed by atoms with van der Waals surface area (Å²) in [5.74, 6) is 1.53. The second-order valence-electron chi connectivity index (χ2n) is 3.42. The Morgan fingerprint density at radius 2 is 2.00 bits per heavy atom. The molecule has 2 heteroatoms. The summed E-state index contributed by atoms with van der Waals surface area (Å²) in [5.41, 5.74) is -0.442. The molecule has 0 fully saturated rings. The summed E-state index contributed by atoms with van der Waals surface area (Å²) in [6, 6.07) is 0. The lowest BCUT2D eigenvalue weighted by Crippen LogP contribution is -2.27. The second-order valence-corrected chi connectivity index (χ2v) is 3.42. The van der Waals surface area contributed by atoms with Gasteiger partial charge in [-0.1, -0.05) is 5.92 Å². The van der Waals surface area contributed by atoms with Crippen LogP contribution in [0.4, 0.5) is 0 Å². The summed E-state index contributed by atoms with van der Waals surface area (Å²) in [4.78, 5) is 11.0. The Kier molecular flexibility index (Phi) is 3.13. The van der Waals surface area contributed by atoms with Gasteiger partial charge in [-0.2, -0.15) is 0 Å². The van der Waals surface area contributed by atoms with E-state index in [0.717, 1.165) is 0 Å². The van der Waals surface area contributed by atoms with Crippen molar-refractivity contribution in [2.24, 2.45) is 5.92 Å². The Hall–Kier alpha value is -0.970. The molecule has 62 valence electrons. The van der Waals surface area contributed by atoms with E-state index < -0.39 is 11.5 Å². The molecule has 0 aromatic rings. The predicted octanol–water partition coefficient (Wildman–Crippen LogP) is 1.60. The maximum Gasteiger partial charge on any atom is 0.321 e. The second kappa shape index (κ2) is 3.43.